The van der Waals surface area contributed by atoms with Gasteiger partial charge in [-0.2, -0.15) is 9.52 Å². The van der Waals surface area contributed by atoms with Crippen LogP contribution >= 0.6 is 0 Å². The third-order valence-corrected chi connectivity index (χ3v) is 5.74. The SMILES string of the molecule is COc1ccc(C2=NN(S(C)(=O)=O)[C@@H](c3cc(OC)ccc3OC)C2)c(OC)c1. The van der Waals surface area contributed by atoms with E-state index in [9.17, 15) is 8.42 Å². The summed E-state index contributed by atoms with van der Waals surface area (Å²) in [6, 6.07) is 10.0. The Morgan fingerprint density at radius 1 is 0.897 bits per heavy atom. The Morgan fingerprint density at radius 2 is 1.52 bits per heavy atom. The third-order valence-electron chi connectivity index (χ3n) is 4.73. The van der Waals surface area contributed by atoms with Crippen LogP contribution in [0.5, 0.6) is 23.0 Å². The lowest BCUT2D eigenvalue weighted by molar-refractivity contribution is 0.348. The summed E-state index contributed by atoms with van der Waals surface area (Å²) in [4.78, 5) is 0. The molecule has 2 aromatic rings. The van der Waals surface area contributed by atoms with Crippen LogP contribution in [0.25, 0.3) is 0 Å². The Kier molecular flexibility index (Phi) is 5.88. The molecule has 0 amide bonds. The van der Waals surface area contributed by atoms with Crippen molar-refractivity contribution in [2.24, 2.45) is 5.10 Å². The van der Waals surface area contributed by atoms with E-state index in [1.54, 1.807) is 58.8 Å². The lowest BCUT2D eigenvalue weighted by Gasteiger charge is -2.23. The van der Waals surface area contributed by atoms with Crippen molar-refractivity contribution >= 4 is 15.7 Å². The van der Waals surface area contributed by atoms with Crippen LogP contribution < -0.4 is 18.9 Å². The van der Waals surface area contributed by atoms with E-state index in [0.717, 1.165) is 10.7 Å². The molecule has 0 N–H and O–H groups in total. The fourth-order valence-electron chi connectivity index (χ4n) is 3.33. The largest absolute Gasteiger partial charge is 0.497 e. The van der Waals surface area contributed by atoms with Gasteiger partial charge in [-0.15, -0.1) is 0 Å². The van der Waals surface area contributed by atoms with Crippen molar-refractivity contribution in [1.29, 1.82) is 0 Å². The summed E-state index contributed by atoms with van der Waals surface area (Å²) in [6.45, 7) is 0. The fourth-order valence-corrected chi connectivity index (χ4v) is 4.22. The van der Waals surface area contributed by atoms with Crippen molar-refractivity contribution in [2.75, 3.05) is 34.7 Å². The smallest absolute Gasteiger partial charge is 0.247 e. The average molecular weight is 420 g/mol. The Balaban J connectivity index is 2.10. The molecule has 8 nitrogen and oxygen atoms in total. The number of hydrazone groups is 1. The molecule has 29 heavy (non-hydrogen) atoms. The van der Waals surface area contributed by atoms with Crippen molar-refractivity contribution in [3.63, 3.8) is 0 Å². The number of hydrogen-bond acceptors (Lipinski definition) is 7. The Bertz CT molecular complexity index is 1040. The Hall–Kier alpha value is -2.94. The summed E-state index contributed by atoms with van der Waals surface area (Å²) in [6.07, 6.45) is 1.48. The van der Waals surface area contributed by atoms with Gasteiger partial charge in [0.1, 0.15) is 23.0 Å². The lowest BCUT2D eigenvalue weighted by Crippen LogP contribution is -2.26. The van der Waals surface area contributed by atoms with Gasteiger partial charge in [0.25, 0.3) is 0 Å². The fraction of sp³-hybridized carbons (Fsp3) is 0.350. The molecule has 1 heterocycles. The number of nitrogens with zero attached hydrogens (tertiary/aromatic N) is 2. The van der Waals surface area contributed by atoms with E-state index in [1.807, 2.05) is 6.07 Å². The maximum absolute atomic E-state index is 12.5. The van der Waals surface area contributed by atoms with E-state index in [0.29, 0.717) is 46.3 Å². The first-order chi connectivity index (χ1) is 13.8. The molecule has 0 unspecified atom stereocenters. The van der Waals surface area contributed by atoms with Crippen molar-refractivity contribution < 1.29 is 27.4 Å². The number of hydrogen-bond donors (Lipinski definition) is 0. The molecule has 9 heteroatoms. The van der Waals surface area contributed by atoms with Crippen molar-refractivity contribution in [3.05, 3.63) is 47.5 Å². The predicted molar refractivity (Wildman–Crippen MR) is 110 cm³/mol. The van der Waals surface area contributed by atoms with Gasteiger partial charge >= 0.3 is 0 Å². The Morgan fingerprint density at radius 3 is 2.10 bits per heavy atom. The summed E-state index contributed by atoms with van der Waals surface area (Å²) in [7, 11) is 2.58. The van der Waals surface area contributed by atoms with Gasteiger partial charge in [-0.3, -0.25) is 0 Å². The van der Waals surface area contributed by atoms with Gasteiger partial charge in [-0.05, 0) is 30.3 Å². The molecule has 2 aromatic carbocycles. The van der Waals surface area contributed by atoms with Gasteiger partial charge in [0.15, 0.2) is 0 Å². The second-order valence-electron chi connectivity index (χ2n) is 6.48. The highest BCUT2D eigenvalue weighted by atomic mass is 32.2. The van der Waals surface area contributed by atoms with Gasteiger partial charge in [-0.25, -0.2) is 8.42 Å². The standard InChI is InChI=1S/C20H24N2O6S/c1-25-13-7-9-19(27-3)16(10-13)18-12-17(21-22(18)29(5,23)24)15-8-6-14(26-2)11-20(15)28-4/h6-11,18H,12H2,1-5H3/t18-/m1/s1. The summed E-state index contributed by atoms with van der Waals surface area (Å²) >= 11 is 0. The predicted octanol–water partition coefficient (Wildman–Crippen LogP) is 2.83. The summed E-state index contributed by atoms with van der Waals surface area (Å²) in [5.41, 5.74) is 1.96. The van der Waals surface area contributed by atoms with Crippen LogP contribution in [-0.4, -0.2) is 53.2 Å². The molecular formula is C20H24N2O6S. The van der Waals surface area contributed by atoms with Crippen LogP contribution in [0.2, 0.25) is 0 Å². The van der Waals surface area contributed by atoms with E-state index in [1.165, 1.54) is 0 Å². The van der Waals surface area contributed by atoms with Gasteiger partial charge in [0.2, 0.25) is 10.0 Å². The number of benzene rings is 2. The molecule has 0 bridgehead atoms. The molecule has 0 saturated heterocycles. The molecule has 156 valence electrons. The molecule has 0 fully saturated rings. The molecule has 0 radical (unpaired) electrons. The first-order valence-electron chi connectivity index (χ1n) is 8.83. The van der Waals surface area contributed by atoms with Crippen LogP contribution in [0.4, 0.5) is 0 Å². The molecule has 3 rings (SSSR count). The monoisotopic (exact) mass is 420 g/mol. The van der Waals surface area contributed by atoms with Crippen LogP contribution in [0.1, 0.15) is 23.6 Å². The molecule has 0 aromatic heterocycles. The van der Waals surface area contributed by atoms with E-state index in [-0.39, 0.29) is 0 Å². The minimum Gasteiger partial charge on any atom is -0.497 e. The Labute approximate surface area is 170 Å². The third kappa shape index (κ3) is 4.09. The number of sulfonamides is 1. The van der Waals surface area contributed by atoms with Gasteiger partial charge < -0.3 is 18.9 Å². The number of methoxy groups -OCH3 is 4. The minimum atomic E-state index is -3.63. The zero-order valence-corrected chi connectivity index (χ0v) is 17.8. The second-order valence-corrected chi connectivity index (χ2v) is 8.32. The van der Waals surface area contributed by atoms with Gasteiger partial charge in [-0.1, -0.05) is 0 Å². The van der Waals surface area contributed by atoms with E-state index in [2.05, 4.69) is 5.10 Å². The minimum absolute atomic E-state index is 0.347. The first kappa shape index (κ1) is 20.8. The maximum atomic E-state index is 12.5. The molecule has 1 aliphatic rings. The second kappa shape index (κ2) is 8.20. The topological polar surface area (TPSA) is 86.7 Å². The van der Waals surface area contributed by atoms with Crippen LogP contribution in [-0.2, 0) is 10.0 Å². The van der Waals surface area contributed by atoms with Crippen LogP contribution in [0.3, 0.4) is 0 Å². The zero-order chi connectivity index (χ0) is 21.2. The highest BCUT2D eigenvalue weighted by molar-refractivity contribution is 7.88. The molecular weight excluding hydrogens is 396 g/mol. The molecule has 0 aliphatic carbocycles. The lowest BCUT2D eigenvalue weighted by atomic mass is 9.97. The number of ether oxygens (including phenoxy) is 4. The van der Waals surface area contributed by atoms with Crippen LogP contribution in [0, 0.1) is 0 Å². The van der Waals surface area contributed by atoms with Gasteiger partial charge in [0.05, 0.1) is 46.4 Å². The number of rotatable bonds is 7. The van der Waals surface area contributed by atoms with Crippen molar-refractivity contribution in [1.82, 2.24) is 4.41 Å². The summed E-state index contributed by atoms with van der Waals surface area (Å²) in [5, 5.41) is 4.43. The molecule has 1 atom stereocenters. The average Bonchev–Trinajstić information content (AvgIpc) is 3.18. The summed E-state index contributed by atoms with van der Waals surface area (Å²) < 4.78 is 47.6. The van der Waals surface area contributed by atoms with E-state index >= 15 is 0 Å². The normalized spacial score (nSPS) is 16.4. The van der Waals surface area contributed by atoms with Crippen molar-refractivity contribution in [3.8, 4) is 23.0 Å². The highest BCUT2D eigenvalue weighted by Crippen LogP contribution is 2.41. The highest BCUT2D eigenvalue weighted by Gasteiger charge is 2.37. The van der Waals surface area contributed by atoms with Crippen molar-refractivity contribution in [2.45, 2.75) is 12.5 Å². The zero-order valence-electron chi connectivity index (χ0n) is 17.0. The van der Waals surface area contributed by atoms with E-state index < -0.39 is 16.1 Å². The maximum Gasteiger partial charge on any atom is 0.247 e. The molecule has 0 saturated carbocycles. The summed E-state index contributed by atoms with van der Waals surface area (Å²) in [5.74, 6) is 2.34. The quantitative estimate of drug-likeness (QED) is 0.685. The molecule has 1 aliphatic heterocycles. The molecule has 0 spiro atoms. The van der Waals surface area contributed by atoms with E-state index in [4.69, 9.17) is 18.9 Å². The van der Waals surface area contributed by atoms with Crippen LogP contribution in [0.15, 0.2) is 41.5 Å². The first-order valence-corrected chi connectivity index (χ1v) is 10.7. The van der Waals surface area contributed by atoms with Gasteiger partial charge in [0, 0.05) is 23.6 Å².